The lowest BCUT2D eigenvalue weighted by Gasteiger charge is -2.12. The van der Waals surface area contributed by atoms with Crippen molar-refractivity contribution in [3.05, 3.63) is 53.6 Å². The smallest absolute Gasteiger partial charge is 0.257 e. The molecule has 0 atom stereocenters. The molecule has 0 bridgehead atoms. The van der Waals surface area contributed by atoms with E-state index in [1.165, 1.54) is 24.3 Å². The summed E-state index contributed by atoms with van der Waals surface area (Å²) in [5.41, 5.74) is 0.352. The number of sulfonamides is 1. The van der Waals surface area contributed by atoms with E-state index in [1.54, 1.807) is 17.2 Å². The Morgan fingerprint density at radius 2 is 1.54 bits per heavy atom. The Morgan fingerprint density at radius 3 is 2.04 bits per heavy atom. The largest absolute Gasteiger partial charge is 0.494 e. The topological polar surface area (TPSA) is 67.4 Å². The number of anilines is 1. The molecule has 0 aliphatic heterocycles. The number of benzene rings is 2. The van der Waals surface area contributed by atoms with Gasteiger partial charge in [0.05, 0.1) is 11.5 Å². The van der Waals surface area contributed by atoms with Crippen LogP contribution < -0.4 is 15.0 Å². The van der Waals surface area contributed by atoms with Gasteiger partial charge in [-0.05, 0) is 31.2 Å². The molecule has 0 aliphatic rings. The van der Waals surface area contributed by atoms with Crippen molar-refractivity contribution >= 4 is 15.7 Å². The fourth-order valence-corrected chi connectivity index (χ4v) is 2.59. The second-order valence-corrected chi connectivity index (χ2v) is 6.16. The standard InChI is InChI=1S/C14H12F4N2O3S/c1-2-23-8-3-5-9(6-4-8)24(21,22)20-19-14-12(17)10(15)7-11(16)13(14)18/h3-7,19-20H,2H2,1H3. The van der Waals surface area contributed by atoms with Crippen LogP contribution in [0.1, 0.15) is 6.92 Å². The van der Waals surface area contributed by atoms with Crippen molar-refractivity contribution in [2.75, 3.05) is 12.0 Å². The second kappa shape index (κ2) is 7.05. The molecule has 2 rings (SSSR count). The Labute approximate surface area is 135 Å². The summed E-state index contributed by atoms with van der Waals surface area (Å²) < 4.78 is 82.2. The minimum atomic E-state index is -4.24. The normalized spacial score (nSPS) is 11.4. The lowest BCUT2D eigenvalue weighted by Crippen LogP contribution is -2.30. The van der Waals surface area contributed by atoms with Crippen LogP contribution in [-0.4, -0.2) is 15.0 Å². The summed E-state index contributed by atoms with van der Waals surface area (Å²) in [4.78, 5) is 1.39. The number of ether oxygens (including phenoxy) is 1. The van der Waals surface area contributed by atoms with Gasteiger partial charge in [0.1, 0.15) is 11.4 Å². The Morgan fingerprint density at radius 1 is 1.00 bits per heavy atom. The van der Waals surface area contributed by atoms with E-state index in [9.17, 15) is 26.0 Å². The predicted octanol–water partition coefficient (Wildman–Crippen LogP) is 2.95. The second-order valence-electron chi connectivity index (χ2n) is 4.48. The van der Waals surface area contributed by atoms with Gasteiger partial charge < -0.3 is 10.2 Å². The molecule has 10 heteroatoms. The summed E-state index contributed by atoms with van der Waals surface area (Å²) in [6, 6.07) is 5.14. The third kappa shape index (κ3) is 3.77. The molecule has 0 saturated carbocycles. The summed E-state index contributed by atoms with van der Waals surface area (Å²) in [6.45, 7) is 2.13. The average Bonchev–Trinajstić information content (AvgIpc) is 2.54. The molecule has 2 aromatic carbocycles. The molecule has 0 spiro atoms. The maximum Gasteiger partial charge on any atom is 0.257 e. The van der Waals surface area contributed by atoms with E-state index >= 15 is 0 Å². The molecule has 5 nitrogen and oxygen atoms in total. The first-order chi connectivity index (χ1) is 11.3. The molecule has 0 amide bonds. The summed E-state index contributed by atoms with van der Waals surface area (Å²) in [6.07, 6.45) is 0. The van der Waals surface area contributed by atoms with E-state index in [0.29, 0.717) is 12.4 Å². The van der Waals surface area contributed by atoms with Crippen molar-refractivity contribution in [2.24, 2.45) is 0 Å². The molecule has 0 radical (unpaired) electrons. The van der Waals surface area contributed by atoms with Crippen molar-refractivity contribution in [3.8, 4) is 5.75 Å². The van der Waals surface area contributed by atoms with E-state index < -0.39 is 39.0 Å². The zero-order valence-corrected chi connectivity index (χ0v) is 13.1. The average molecular weight is 364 g/mol. The zero-order chi connectivity index (χ0) is 17.9. The summed E-state index contributed by atoms with van der Waals surface area (Å²) in [5, 5.41) is 0. The highest BCUT2D eigenvalue weighted by atomic mass is 32.2. The highest BCUT2D eigenvalue weighted by Gasteiger charge is 2.21. The van der Waals surface area contributed by atoms with Gasteiger partial charge in [0, 0.05) is 6.07 Å². The number of hydrogen-bond acceptors (Lipinski definition) is 4. The van der Waals surface area contributed by atoms with Crippen LogP contribution in [0.25, 0.3) is 0 Å². The number of nitrogens with one attached hydrogen (secondary N) is 2. The molecule has 0 aliphatic carbocycles. The lowest BCUT2D eigenvalue weighted by atomic mass is 10.2. The molecule has 0 aromatic heterocycles. The molecule has 0 heterocycles. The third-order valence-corrected chi connectivity index (χ3v) is 4.13. The zero-order valence-electron chi connectivity index (χ0n) is 12.2. The monoisotopic (exact) mass is 364 g/mol. The number of hydrazine groups is 1. The van der Waals surface area contributed by atoms with E-state index in [0.717, 1.165) is 0 Å². The maximum absolute atomic E-state index is 13.5. The van der Waals surface area contributed by atoms with Crippen molar-refractivity contribution in [3.63, 3.8) is 0 Å². The van der Waals surface area contributed by atoms with Gasteiger partial charge in [-0.2, -0.15) is 0 Å². The van der Waals surface area contributed by atoms with Crippen molar-refractivity contribution in [1.82, 2.24) is 4.83 Å². The summed E-state index contributed by atoms with van der Waals surface area (Å²) in [5.74, 6) is -6.44. The van der Waals surface area contributed by atoms with Gasteiger partial charge in [-0.15, -0.1) is 4.83 Å². The van der Waals surface area contributed by atoms with E-state index in [-0.39, 0.29) is 11.0 Å². The van der Waals surface area contributed by atoms with Crippen LogP contribution in [0.2, 0.25) is 0 Å². The Hall–Kier alpha value is -2.33. The van der Waals surface area contributed by atoms with E-state index in [1.807, 2.05) is 0 Å². The molecular weight excluding hydrogens is 352 g/mol. The predicted molar refractivity (Wildman–Crippen MR) is 77.8 cm³/mol. The number of hydrogen-bond donors (Lipinski definition) is 2. The number of rotatable bonds is 6. The van der Waals surface area contributed by atoms with Gasteiger partial charge in [0.15, 0.2) is 23.3 Å². The Kier molecular flexibility index (Phi) is 5.30. The maximum atomic E-state index is 13.5. The fraction of sp³-hybridized carbons (Fsp3) is 0.143. The number of halogens is 4. The first-order valence-electron chi connectivity index (χ1n) is 6.60. The first-order valence-corrected chi connectivity index (χ1v) is 8.08. The summed E-state index contributed by atoms with van der Waals surface area (Å²) >= 11 is 0. The van der Waals surface area contributed by atoms with Crippen LogP contribution in [0.5, 0.6) is 5.75 Å². The first kappa shape index (κ1) is 18.0. The minimum absolute atomic E-state index is 0.0107. The molecule has 0 saturated heterocycles. The van der Waals surface area contributed by atoms with E-state index in [2.05, 4.69) is 0 Å². The molecular formula is C14H12F4N2O3S. The van der Waals surface area contributed by atoms with Crippen LogP contribution in [0.15, 0.2) is 35.2 Å². The van der Waals surface area contributed by atoms with Crippen LogP contribution in [-0.2, 0) is 10.0 Å². The highest BCUT2D eigenvalue weighted by molar-refractivity contribution is 7.89. The SMILES string of the molecule is CCOc1ccc(S(=O)(=O)NNc2c(F)c(F)cc(F)c2F)cc1. The van der Waals surface area contributed by atoms with Gasteiger partial charge in [-0.3, -0.25) is 0 Å². The quantitative estimate of drug-likeness (QED) is 0.470. The van der Waals surface area contributed by atoms with E-state index in [4.69, 9.17) is 4.74 Å². The van der Waals surface area contributed by atoms with Crippen LogP contribution in [0, 0.1) is 23.3 Å². The molecule has 0 fully saturated rings. The van der Waals surface area contributed by atoms with Crippen molar-refractivity contribution in [2.45, 2.75) is 11.8 Å². The lowest BCUT2D eigenvalue weighted by molar-refractivity contribution is 0.340. The summed E-state index contributed by atoms with van der Waals surface area (Å²) in [7, 11) is -4.24. The third-order valence-electron chi connectivity index (χ3n) is 2.87. The molecule has 130 valence electrons. The van der Waals surface area contributed by atoms with Gasteiger partial charge >= 0.3 is 0 Å². The van der Waals surface area contributed by atoms with Gasteiger partial charge in [-0.25, -0.2) is 26.0 Å². The molecule has 0 unspecified atom stereocenters. The van der Waals surface area contributed by atoms with Gasteiger partial charge in [-0.1, -0.05) is 0 Å². The molecule has 2 N–H and O–H groups in total. The molecule has 24 heavy (non-hydrogen) atoms. The van der Waals surface area contributed by atoms with Crippen LogP contribution in [0.4, 0.5) is 23.2 Å². The molecule has 2 aromatic rings. The van der Waals surface area contributed by atoms with Crippen molar-refractivity contribution in [1.29, 1.82) is 0 Å². The Balaban J connectivity index is 2.22. The van der Waals surface area contributed by atoms with Crippen LogP contribution >= 0.6 is 0 Å². The highest BCUT2D eigenvalue weighted by Crippen LogP contribution is 2.24. The van der Waals surface area contributed by atoms with Gasteiger partial charge in [0.25, 0.3) is 10.0 Å². The fourth-order valence-electron chi connectivity index (χ4n) is 1.74. The minimum Gasteiger partial charge on any atom is -0.494 e. The Bertz CT molecular complexity index is 816. The van der Waals surface area contributed by atoms with Gasteiger partial charge in [0.2, 0.25) is 0 Å². The van der Waals surface area contributed by atoms with Crippen molar-refractivity contribution < 1.29 is 30.7 Å². The van der Waals surface area contributed by atoms with Crippen LogP contribution in [0.3, 0.4) is 0 Å².